The summed E-state index contributed by atoms with van der Waals surface area (Å²) in [6.45, 7) is 4.17. The van der Waals surface area contributed by atoms with Crippen molar-refractivity contribution in [1.82, 2.24) is 20.1 Å². The topological polar surface area (TPSA) is 115 Å². The molecular formula is C24H26FN5O4. The molecule has 2 aromatic rings. The Morgan fingerprint density at radius 3 is 2.68 bits per heavy atom. The molecule has 3 heterocycles. The monoisotopic (exact) mass is 467 g/mol. The number of aromatic nitrogens is 1. The van der Waals surface area contributed by atoms with Crippen molar-refractivity contribution in [3.05, 3.63) is 52.1 Å². The number of hydrogen-bond donors (Lipinski definition) is 3. The first-order valence-corrected chi connectivity index (χ1v) is 10.9. The highest BCUT2D eigenvalue weighted by molar-refractivity contribution is 6.35. The minimum absolute atomic E-state index is 0.256. The normalized spacial score (nSPS) is 18.1. The lowest BCUT2D eigenvalue weighted by Gasteiger charge is -2.18. The van der Waals surface area contributed by atoms with Crippen LogP contribution in [0.2, 0.25) is 0 Å². The van der Waals surface area contributed by atoms with Crippen LogP contribution in [0, 0.1) is 19.7 Å². The highest BCUT2D eigenvalue weighted by Crippen LogP contribution is 2.34. The molecule has 34 heavy (non-hydrogen) atoms. The standard InChI is InChI=1S/C24H26FN5O4/c1-12-19(10-17-16-9-14(25)5-6-18(16)28-21(17)31)26-13(2)20(12)22(32)27-15-7-8-30(11-15)24(34)23(33)29(3)4/h5-6,9-10,15,26H,7-8,11H2,1-4H3,(H,27,32)(H,28,31)/t15-/m0/s1. The number of carbonyl (C=O) groups is 4. The van der Waals surface area contributed by atoms with Gasteiger partial charge in [0.05, 0.1) is 11.1 Å². The van der Waals surface area contributed by atoms with Gasteiger partial charge in [-0.25, -0.2) is 4.39 Å². The zero-order valence-corrected chi connectivity index (χ0v) is 19.4. The van der Waals surface area contributed by atoms with Crippen LogP contribution >= 0.6 is 0 Å². The van der Waals surface area contributed by atoms with Crippen LogP contribution in [-0.4, -0.2) is 71.6 Å². The Balaban J connectivity index is 1.52. The predicted molar refractivity (Wildman–Crippen MR) is 124 cm³/mol. The fraction of sp³-hybridized carbons (Fsp3) is 0.333. The number of nitrogens with one attached hydrogen (secondary N) is 3. The van der Waals surface area contributed by atoms with Gasteiger partial charge in [0.15, 0.2) is 0 Å². The van der Waals surface area contributed by atoms with Gasteiger partial charge in [-0.15, -0.1) is 0 Å². The van der Waals surface area contributed by atoms with E-state index in [1.54, 1.807) is 19.9 Å². The van der Waals surface area contributed by atoms with Crippen molar-refractivity contribution in [2.24, 2.45) is 0 Å². The first-order valence-electron chi connectivity index (χ1n) is 10.9. The van der Waals surface area contributed by atoms with Crippen LogP contribution in [0.4, 0.5) is 10.1 Å². The van der Waals surface area contributed by atoms with E-state index < -0.39 is 17.6 Å². The van der Waals surface area contributed by atoms with Crippen molar-refractivity contribution >= 4 is 41.0 Å². The number of benzene rings is 1. The van der Waals surface area contributed by atoms with Crippen LogP contribution in [0.15, 0.2) is 18.2 Å². The molecule has 1 saturated heterocycles. The molecule has 1 aromatic heterocycles. The van der Waals surface area contributed by atoms with Crippen LogP contribution in [0.25, 0.3) is 11.6 Å². The molecule has 1 aromatic carbocycles. The summed E-state index contributed by atoms with van der Waals surface area (Å²) < 4.78 is 13.7. The lowest BCUT2D eigenvalue weighted by molar-refractivity contribution is -0.149. The molecule has 0 spiro atoms. The minimum Gasteiger partial charge on any atom is -0.358 e. The summed E-state index contributed by atoms with van der Waals surface area (Å²) in [5, 5.41) is 5.65. The van der Waals surface area contributed by atoms with Crippen LogP contribution in [0.5, 0.6) is 0 Å². The van der Waals surface area contributed by atoms with E-state index in [4.69, 9.17) is 0 Å². The Kier molecular flexibility index (Phi) is 5.99. The Hall–Kier alpha value is -3.95. The summed E-state index contributed by atoms with van der Waals surface area (Å²) >= 11 is 0. The van der Waals surface area contributed by atoms with Gasteiger partial charge in [-0.3, -0.25) is 19.2 Å². The molecule has 0 unspecified atom stereocenters. The molecule has 4 amide bonds. The van der Waals surface area contributed by atoms with Crippen molar-refractivity contribution in [3.8, 4) is 0 Å². The largest absolute Gasteiger partial charge is 0.358 e. The summed E-state index contributed by atoms with van der Waals surface area (Å²) in [7, 11) is 3.04. The van der Waals surface area contributed by atoms with Crippen LogP contribution in [0.3, 0.4) is 0 Å². The second-order valence-corrected chi connectivity index (χ2v) is 8.78. The molecular weight excluding hydrogens is 441 g/mol. The van der Waals surface area contributed by atoms with Gasteiger partial charge >= 0.3 is 11.8 Å². The lowest BCUT2D eigenvalue weighted by Crippen LogP contribution is -2.43. The highest BCUT2D eigenvalue weighted by atomic mass is 19.1. The van der Waals surface area contributed by atoms with Crippen molar-refractivity contribution in [2.75, 3.05) is 32.5 Å². The number of nitrogens with zero attached hydrogens (tertiary/aromatic N) is 2. The SMILES string of the molecule is Cc1[nH]c(C=C2C(=O)Nc3ccc(F)cc32)c(C)c1C(=O)N[C@H]1CCN(C(=O)C(=O)N(C)C)C1. The minimum atomic E-state index is -0.598. The number of likely N-dealkylation sites (N-methyl/N-ethyl adjacent to an activating group) is 1. The number of aromatic amines is 1. The average Bonchev–Trinajstić information content (AvgIpc) is 3.44. The fourth-order valence-electron chi connectivity index (χ4n) is 4.35. The Bertz CT molecular complexity index is 1250. The van der Waals surface area contributed by atoms with Gasteiger partial charge in [0.25, 0.3) is 11.8 Å². The number of carbonyl (C=O) groups excluding carboxylic acids is 4. The van der Waals surface area contributed by atoms with Gasteiger partial charge in [-0.05, 0) is 50.1 Å². The zero-order valence-electron chi connectivity index (χ0n) is 19.4. The van der Waals surface area contributed by atoms with Gasteiger partial charge in [0.2, 0.25) is 0 Å². The van der Waals surface area contributed by atoms with Gasteiger partial charge in [0, 0.05) is 55.9 Å². The Labute approximate surface area is 196 Å². The fourth-order valence-corrected chi connectivity index (χ4v) is 4.35. The molecule has 9 nitrogen and oxygen atoms in total. The number of aryl methyl sites for hydroxylation is 1. The van der Waals surface area contributed by atoms with Crippen molar-refractivity contribution in [3.63, 3.8) is 0 Å². The first kappa shape index (κ1) is 23.2. The maximum absolute atomic E-state index is 13.7. The number of H-pyrrole nitrogens is 1. The molecule has 2 aliphatic heterocycles. The molecule has 10 heteroatoms. The zero-order chi connectivity index (χ0) is 24.7. The maximum Gasteiger partial charge on any atom is 0.312 e. The van der Waals surface area contributed by atoms with E-state index in [0.717, 1.165) is 0 Å². The molecule has 1 fully saturated rings. The van der Waals surface area contributed by atoms with Crippen LogP contribution in [0.1, 0.15) is 39.3 Å². The van der Waals surface area contributed by atoms with E-state index in [1.165, 1.54) is 42.1 Å². The highest BCUT2D eigenvalue weighted by Gasteiger charge is 2.32. The third-order valence-corrected chi connectivity index (χ3v) is 6.16. The van der Waals surface area contributed by atoms with Crippen molar-refractivity contribution < 1.29 is 23.6 Å². The maximum atomic E-state index is 13.7. The van der Waals surface area contributed by atoms with E-state index in [0.29, 0.717) is 52.3 Å². The summed E-state index contributed by atoms with van der Waals surface area (Å²) in [6.07, 6.45) is 2.16. The summed E-state index contributed by atoms with van der Waals surface area (Å²) in [5.41, 5.74) is 3.59. The van der Waals surface area contributed by atoms with E-state index in [-0.39, 0.29) is 24.4 Å². The Morgan fingerprint density at radius 2 is 1.97 bits per heavy atom. The number of hydrogen-bond acceptors (Lipinski definition) is 4. The van der Waals surface area contributed by atoms with Gasteiger partial charge in [0.1, 0.15) is 5.82 Å². The molecule has 1 atom stereocenters. The lowest BCUT2D eigenvalue weighted by atomic mass is 10.0. The molecule has 2 aliphatic rings. The smallest absolute Gasteiger partial charge is 0.312 e. The molecule has 4 rings (SSSR count). The summed E-state index contributed by atoms with van der Waals surface area (Å²) in [6, 6.07) is 3.81. The van der Waals surface area contributed by atoms with Crippen LogP contribution < -0.4 is 10.6 Å². The van der Waals surface area contributed by atoms with Gasteiger partial charge in [-0.1, -0.05) is 0 Å². The van der Waals surface area contributed by atoms with E-state index in [9.17, 15) is 23.6 Å². The number of halogens is 1. The number of likely N-dealkylation sites (tertiary alicyclic amines) is 1. The molecule has 0 saturated carbocycles. The second-order valence-electron chi connectivity index (χ2n) is 8.78. The van der Waals surface area contributed by atoms with E-state index >= 15 is 0 Å². The van der Waals surface area contributed by atoms with Crippen LogP contribution in [-0.2, 0) is 14.4 Å². The molecule has 3 N–H and O–H groups in total. The summed E-state index contributed by atoms with van der Waals surface area (Å²) in [5.74, 6) is -2.29. The molecule has 0 bridgehead atoms. The molecule has 0 aliphatic carbocycles. The van der Waals surface area contributed by atoms with Gasteiger partial charge in [-0.2, -0.15) is 0 Å². The number of rotatable bonds is 3. The number of fused-ring (bicyclic) bond motifs is 1. The average molecular weight is 468 g/mol. The third-order valence-electron chi connectivity index (χ3n) is 6.16. The Morgan fingerprint density at radius 1 is 1.24 bits per heavy atom. The van der Waals surface area contributed by atoms with E-state index in [2.05, 4.69) is 15.6 Å². The number of amides is 4. The van der Waals surface area contributed by atoms with Crippen molar-refractivity contribution in [2.45, 2.75) is 26.3 Å². The first-order chi connectivity index (χ1) is 16.1. The third kappa shape index (κ3) is 4.18. The second kappa shape index (κ2) is 8.77. The predicted octanol–water partition coefficient (Wildman–Crippen LogP) is 1.68. The van der Waals surface area contributed by atoms with E-state index in [1.807, 2.05) is 0 Å². The molecule has 178 valence electrons. The van der Waals surface area contributed by atoms with Gasteiger partial charge < -0.3 is 25.4 Å². The molecule has 0 radical (unpaired) electrons. The number of anilines is 1. The quantitative estimate of drug-likeness (QED) is 0.471. The van der Waals surface area contributed by atoms with Crippen molar-refractivity contribution in [1.29, 1.82) is 0 Å². The summed E-state index contributed by atoms with van der Waals surface area (Å²) in [4.78, 5) is 55.5.